The number of anilines is 1. The number of hydrogen-bond donors (Lipinski definition) is 2. The van der Waals surface area contributed by atoms with Crippen LogP contribution in [0, 0.1) is 0 Å². The van der Waals surface area contributed by atoms with Crippen LogP contribution >= 0.6 is 0 Å². The number of amides is 1. The Morgan fingerprint density at radius 1 is 0.920 bits per heavy atom. The topological polar surface area (TPSA) is 66.9 Å². The highest BCUT2D eigenvalue weighted by molar-refractivity contribution is 5.92. The van der Waals surface area contributed by atoms with Crippen molar-refractivity contribution in [1.82, 2.24) is 15.3 Å². The van der Waals surface area contributed by atoms with Crippen molar-refractivity contribution in [2.24, 2.45) is 0 Å². The minimum Gasteiger partial charge on any atom is -0.380 e. The number of rotatable bonds is 7. The number of carbonyl (C=O) groups excluding carboxylic acids is 1. The Hall–Kier alpha value is -3.21. The van der Waals surface area contributed by atoms with Gasteiger partial charge in [-0.15, -0.1) is 0 Å². The minimum absolute atomic E-state index is 0.158. The summed E-state index contributed by atoms with van der Waals surface area (Å²) >= 11 is 0. The van der Waals surface area contributed by atoms with Gasteiger partial charge in [-0.2, -0.15) is 0 Å². The van der Waals surface area contributed by atoms with Crippen molar-refractivity contribution in [3.05, 3.63) is 90.0 Å². The quantitative estimate of drug-likeness (QED) is 0.698. The molecule has 2 heterocycles. The molecule has 5 heteroatoms. The number of hydrogen-bond acceptors (Lipinski definition) is 4. The van der Waals surface area contributed by atoms with Crippen molar-refractivity contribution in [3.8, 4) is 0 Å². The highest BCUT2D eigenvalue weighted by atomic mass is 16.1. The van der Waals surface area contributed by atoms with E-state index in [2.05, 4.69) is 20.6 Å². The summed E-state index contributed by atoms with van der Waals surface area (Å²) in [5.41, 5.74) is 3.57. The monoisotopic (exact) mass is 332 g/mol. The Morgan fingerprint density at radius 3 is 2.48 bits per heavy atom. The molecule has 2 N–H and O–H groups in total. The lowest BCUT2D eigenvalue weighted by atomic mass is 10.1. The Balaban J connectivity index is 1.47. The van der Waals surface area contributed by atoms with Gasteiger partial charge in [-0.25, -0.2) is 4.98 Å². The van der Waals surface area contributed by atoms with E-state index in [4.69, 9.17) is 0 Å². The lowest BCUT2D eigenvalue weighted by Crippen LogP contribution is -2.26. The van der Waals surface area contributed by atoms with E-state index < -0.39 is 0 Å². The first kappa shape index (κ1) is 16.6. The molecule has 0 radical (unpaired) electrons. The van der Waals surface area contributed by atoms with Crippen molar-refractivity contribution in [1.29, 1.82) is 0 Å². The number of benzene rings is 1. The molecule has 1 aromatic carbocycles. The molecule has 0 aliphatic carbocycles. The van der Waals surface area contributed by atoms with Crippen molar-refractivity contribution in [2.45, 2.75) is 13.0 Å². The molecule has 0 atom stereocenters. The molecule has 0 bridgehead atoms. The van der Waals surface area contributed by atoms with Crippen LogP contribution in [0.15, 0.2) is 73.2 Å². The number of pyridine rings is 2. The van der Waals surface area contributed by atoms with Gasteiger partial charge in [0.1, 0.15) is 5.69 Å². The van der Waals surface area contributed by atoms with Gasteiger partial charge in [0, 0.05) is 25.5 Å². The van der Waals surface area contributed by atoms with E-state index in [1.165, 1.54) is 5.56 Å². The first-order valence-corrected chi connectivity index (χ1v) is 8.22. The van der Waals surface area contributed by atoms with Crippen LogP contribution in [-0.2, 0) is 13.0 Å². The van der Waals surface area contributed by atoms with Gasteiger partial charge in [-0.3, -0.25) is 9.78 Å². The maximum atomic E-state index is 12.1. The average molecular weight is 332 g/mol. The van der Waals surface area contributed by atoms with Crippen LogP contribution in [0.25, 0.3) is 0 Å². The molecule has 0 aliphatic rings. The fourth-order valence-electron chi connectivity index (χ4n) is 2.40. The third-order valence-corrected chi connectivity index (χ3v) is 3.76. The van der Waals surface area contributed by atoms with E-state index >= 15 is 0 Å². The van der Waals surface area contributed by atoms with Gasteiger partial charge in [0.2, 0.25) is 0 Å². The summed E-state index contributed by atoms with van der Waals surface area (Å²) in [6.45, 7) is 1.25. The number of aromatic nitrogens is 2. The second-order valence-corrected chi connectivity index (χ2v) is 5.64. The van der Waals surface area contributed by atoms with Crippen LogP contribution in [0.4, 0.5) is 5.69 Å². The molecule has 0 spiro atoms. The summed E-state index contributed by atoms with van der Waals surface area (Å²) in [7, 11) is 0. The highest BCUT2D eigenvalue weighted by Gasteiger charge is 2.06. The molecule has 0 saturated carbocycles. The van der Waals surface area contributed by atoms with E-state index in [0.29, 0.717) is 18.8 Å². The summed E-state index contributed by atoms with van der Waals surface area (Å²) in [4.78, 5) is 20.4. The van der Waals surface area contributed by atoms with Gasteiger partial charge in [-0.05, 0) is 35.7 Å². The largest absolute Gasteiger partial charge is 0.380 e. The number of carbonyl (C=O) groups is 1. The summed E-state index contributed by atoms with van der Waals surface area (Å²) in [5.74, 6) is -0.158. The van der Waals surface area contributed by atoms with Crippen LogP contribution in [0.3, 0.4) is 0 Å². The van der Waals surface area contributed by atoms with Gasteiger partial charge < -0.3 is 10.6 Å². The minimum atomic E-state index is -0.158. The Bertz CT molecular complexity index is 789. The molecule has 5 nitrogen and oxygen atoms in total. The second kappa shape index (κ2) is 8.59. The van der Waals surface area contributed by atoms with E-state index in [0.717, 1.165) is 17.7 Å². The summed E-state index contributed by atoms with van der Waals surface area (Å²) in [5, 5.41) is 6.15. The summed E-state index contributed by atoms with van der Waals surface area (Å²) in [6, 6.07) is 17.6. The Morgan fingerprint density at radius 2 is 1.76 bits per heavy atom. The first-order chi connectivity index (χ1) is 12.3. The molecule has 0 saturated heterocycles. The highest BCUT2D eigenvalue weighted by Crippen LogP contribution is 2.08. The molecule has 3 rings (SSSR count). The van der Waals surface area contributed by atoms with E-state index in [-0.39, 0.29) is 5.91 Å². The fourth-order valence-corrected chi connectivity index (χ4v) is 2.40. The summed E-state index contributed by atoms with van der Waals surface area (Å²) < 4.78 is 0. The molecule has 2 aromatic heterocycles. The molecule has 1 amide bonds. The van der Waals surface area contributed by atoms with Crippen LogP contribution in [-0.4, -0.2) is 22.4 Å². The third kappa shape index (κ3) is 5.14. The predicted molar refractivity (Wildman–Crippen MR) is 98.3 cm³/mol. The van der Waals surface area contributed by atoms with Crippen molar-refractivity contribution >= 4 is 11.6 Å². The van der Waals surface area contributed by atoms with E-state index in [9.17, 15) is 4.79 Å². The normalized spacial score (nSPS) is 10.2. The third-order valence-electron chi connectivity index (χ3n) is 3.76. The van der Waals surface area contributed by atoms with Crippen LogP contribution in [0.5, 0.6) is 0 Å². The molecular weight excluding hydrogens is 312 g/mol. The predicted octanol–water partition coefficient (Wildman–Crippen LogP) is 3.06. The smallest absolute Gasteiger partial charge is 0.269 e. The van der Waals surface area contributed by atoms with Crippen LogP contribution in [0.1, 0.15) is 21.6 Å². The average Bonchev–Trinajstić information content (AvgIpc) is 2.68. The van der Waals surface area contributed by atoms with Crippen LogP contribution in [0.2, 0.25) is 0 Å². The molecule has 3 aromatic rings. The summed E-state index contributed by atoms with van der Waals surface area (Å²) in [6.07, 6.45) is 6.03. The lowest BCUT2D eigenvalue weighted by molar-refractivity contribution is 0.0949. The number of nitrogens with zero attached hydrogens (tertiary/aromatic N) is 2. The SMILES string of the molecule is O=C(NCCc1ccccc1)c1ccc(NCc2cccnc2)cn1. The maximum Gasteiger partial charge on any atom is 0.269 e. The molecule has 25 heavy (non-hydrogen) atoms. The Kier molecular flexibility index (Phi) is 5.72. The lowest BCUT2D eigenvalue weighted by Gasteiger charge is -2.08. The van der Waals surface area contributed by atoms with Crippen LogP contribution < -0.4 is 10.6 Å². The maximum absolute atomic E-state index is 12.1. The molecule has 0 unspecified atom stereocenters. The van der Waals surface area contributed by atoms with Gasteiger partial charge >= 0.3 is 0 Å². The molecule has 0 aliphatic heterocycles. The van der Waals surface area contributed by atoms with Crippen molar-refractivity contribution in [2.75, 3.05) is 11.9 Å². The Labute approximate surface area is 147 Å². The molecule has 126 valence electrons. The molecular formula is C20H20N4O. The first-order valence-electron chi connectivity index (χ1n) is 8.22. The zero-order chi connectivity index (χ0) is 17.3. The fraction of sp³-hybridized carbons (Fsp3) is 0.150. The molecule has 0 fully saturated rings. The number of nitrogens with one attached hydrogen (secondary N) is 2. The van der Waals surface area contributed by atoms with Gasteiger partial charge in [0.05, 0.1) is 11.9 Å². The van der Waals surface area contributed by atoms with Crippen molar-refractivity contribution in [3.63, 3.8) is 0 Å². The zero-order valence-corrected chi connectivity index (χ0v) is 13.9. The zero-order valence-electron chi connectivity index (χ0n) is 13.9. The standard InChI is InChI=1S/C20H20N4O/c25-20(22-12-10-16-5-2-1-3-6-16)19-9-8-18(15-24-19)23-14-17-7-4-11-21-13-17/h1-9,11,13,15,23H,10,12,14H2,(H,22,25). The van der Waals surface area contributed by atoms with E-state index in [1.807, 2.05) is 54.7 Å². The van der Waals surface area contributed by atoms with Gasteiger partial charge in [-0.1, -0.05) is 36.4 Å². The van der Waals surface area contributed by atoms with Crippen molar-refractivity contribution < 1.29 is 4.79 Å². The second-order valence-electron chi connectivity index (χ2n) is 5.64. The van der Waals surface area contributed by atoms with Gasteiger partial charge in [0.25, 0.3) is 5.91 Å². The van der Waals surface area contributed by atoms with Gasteiger partial charge in [0.15, 0.2) is 0 Å². The van der Waals surface area contributed by atoms with E-state index in [1.54, 1.807) is 18.5 Å².